The molecule has 162 valence electrons. The van der Waals surface area contributed by atoms with Crippen molar-refractivity contribution in [3.8, 4) is 11.5 Å². The molecule has 3 aromatic rings. The Bertz CT molecular complexity index is 1020. The second kappa shape index (κ2) is 10.3. The van der Waals surface area contributed by atoms with Gasteiger partial charge in [0.1, 0.15) is 11.5 Å². The molecule has 0 aliphatic heterocycles. The summed E-state index contributed by atoms with van der Waals surface area (Å²) in [5, 5.41) is 1.30. The number of likely N-dealkylation sites (N-methyl/N-ethyl adjacent to an activating group) is 1. The first-order valence-corrected chi connectivity index (χ1v) is 10.3. The van der Waals surface area contributed by atoms with Crippen LogP contribution in [0.25, 0.3) is 10.2 Å². The van der Waals surface area contributed by atoms with Gasteiger partial charge in [-0.2, -0.15) is 0 Å². The summed E-state index contributed by atoms with van der Waals surface area (Å²) in [6.07, 6.45) is 0. The van der Waals surface area contributed by atoms with Crippen molar-refractivity contribution in [2.75, 3.05) is 46.3 Å². The Morgan fingerprint density at radius 1 is 1.07 bits per heavy atom. The Morgan fingerprint density at radius 3 is 2.27 bits per heavy atom. The summed E-state index contributed by atoms with van der Waals surface area (Å²) in [7, 11) is 7.07. The highest BCUT2D eigenvalue weighted by Gasteiger charge is 2.23. The number of aryl methyl sites for hydroxylation is 1. The fourth-order valence-corrected chi connectivity index (χ4v) is 4.37. The van der Waals surface area contributed by atoms with E-state index in [4.69, 9.17) is 26.1 Å². The SMILES string of the molecule is COc1cc(OC)cc(C(=O)N(CCN(C)C)c2nc3c(C)cc(Cl)cc3s2)c1.Cl. The van der Waals surface area contributed by atoms with Crippen molar-refractivity contribution in [1.82, 2.24) is 9.88 Å². The minimum atomic E-state index is -0.160. The number of fused-ring (bicyclic) bond motifs is 1. The molecule has 2 aromatic carbocycles. The van der Waals surface area contributed by atoms with Crippen molar-refractivity contribution in [3.05, 3.63) is 46.5 Å². The first kappa shape index (κ1) is 24.2. The molecular weight excluding hydrogens is 445 g/mol. The van der Waals surface area contributed by atoms with Gasteiger partial charge < -0.3 is 14.4 Å². The Balaban J connectivity index is 0.00000320. The van der Waals surface area contributed by atoms with Crippen molar-refractivity contribution >= 4 is 56.6 Å². The van der Waals surface area contributed by atoms with Crippen LogP contribution in [0.4, 0.5) is 5.13 Å². The van der Waals surface area contributed by atoms with E-state index in [2.05, 4.69) is 0 Å². The zero-order valence-corrected chi connectivity index (χ0v) is 20.0. The van der Waals surface area contributed by atoms with Gasteiger partial charge in [-0.15, -0.1) is 12.4 Å². The largest absolute Gasteiger partial charge is 0.497 e. The predicted molar refractivity (Wildman–Crippen MR) is 126 cm³/mol. The zero-order chi connectivity index (χ0) is 21.1. The van der Waals surface area contributed by atoms with Crippen LogP contribution in [-0.2, 0) is 0 Å². The number of thiazole rings is 1. The highest BCUT2D eigenvalue weighted by Crippen LogP contribution is 2.34. The van der Waals surface area contributed by atoms with Crippen LogP contribution >= 0.6 is 35.3 Å². The predicted octanol–water partition coefficient (Wildman–Crippen LogP) is 4.91. The first-order chi connectivity index (χ1) is 13.8. The molecule has 0 N–H and O–H groups in total. The standard InChI is InChI=1S/C21H24ClN3O3S.ClH/c1-13-8-15(22)11-18-19(13)23-21(29-18)25(7-6-24(2)3)20(26)14-9-16(27-4)12-17(10-14)28-5;/h8-12H,6-7H2,1-5H3;1H. The molecular formula is C21H25Cl2N3O3S. The van der Waals surface area contributed by atoms with E-state index in [0.29, 0.717) is 40.3 Å². The average Bonchev–Trinajstić information content (AvgIpc) is 3.11. The number of benzene rings is 2. The van der Waals surface area contributed by atoms with E-state index in [1.54, 1.807) is 37.3 Å². The minimum absolute atomic E-state index is 0. The third-order valence-electron chi connectivity index (χ3n) is 4.48. The zero-order valence-electron chi connectivity index (χ0n) is 17.6. The van der Waals surface area contributed by atoms with Crippen molar-refractivity contribution in [2.24, 2.45) is 0 Å². The fraction of sp³-hybridized carbons (Fsp3) is 0.333. The second-order valence-electron chi connectivity index (χ2n) is 6.93. The maximum atomic E-state index is 13.5. The molecule has 0 aliphatic rings. The van der Waals surface area contributed by atoms with Crippen molar-refractivity contribution < 1.29 is 14.3 Å². The fourth-order valence-electron chi connectivity index (χ4n) is 2.93. The molecule has 0 spiro atoms. The van der Waals surface area contributed by atoms with E-state index in [1.165, 1.54) is 11.3 Å². The van der Waals surface area contributed by atoms with Crippen LogP contribution in [0.1, 0.15) is 15.9 Å². The van der Waals surface area contributed by atoms with Crippen LogP contribution in [0.3, 0.4) is 0 Å². The van der Waals surface area contributed by atoms with Crippen LogP contribution in [0.15, 0.2) is 30.3 Å². The average molecular weight is 470 g/mol. The molecule has 0 saturated carbocycles. The molecule has 0 unspecified atom stereocenters. The van der Waals surface area contributed by atoms with Crippen molar-refractivity contribution in [1.29, 1.82) is 0 Å². The summed E-state index contributed by atoms with van der Waals surface area (Å²) in [5.41, 5.74) is 2.33. The van der Waals surface area contributed by atoms with E-state index < -0.39 is 0 Å². The van der Waals surface area contributed by atoms with Gasteiger partial charge in [0.2, 0.25) is 0 Å². The summed E-state index contributed by atoms with van der Waals surface area (Å²) < 4.78 is 11.6. The summed E-state index contributed by atoms with van der Waals surface area (Å²) in [6.45, 7) is 3.16. The molecule has 0 fully saturated rings. The van der Waals surface area contributed by atoms with E-state index in [9.17, 15) is 4.79 Å². The van der Waals surface area contributed by atoms with Gasteiger partial charge in [-0.05, 0) is 50.8 Å². The number of carbonyl (C=O) groups is 1. The smallest absolute Gasteiger partial charge is 0.260 e. The molecule has 0 saturated heterocycles. The highest BCUT2D eigenvalue weighted by atomic mass is 35.5. The molecule has 0 aliphatic carbocycles. The van der Waals surface area contributed by atoms with Gasteiger partial charge >= 0.3 is 0 Å². The Morgan fingerprint density at radius 2 is 1.70 bits per heavy atom. The first-order valence-electron chi connectivity index (χ1n) is 9.08. The minimum Gasteiger partial charge on any atom is -0.497 e. The number of halogens is 2. The molecule has 30 heavy (non-hydrogen) atoms. The van der Waals surface area contributed by atoms with Crippen LogP contribution in [-0.4, -0.2) is 57.2 Å². The number of hydrogen-bond donors (Lipinski definition) is 0. The lowest BCUT2D eigenvalue weighted by Gasteiger charge is -2.22. The molecule has 9 heteroatoms. The van der Waals surface area contributed by atoms with E-state index in [0.717, 1.165) is 15.8 Å². The maximum absolute atomic E-state index is 13.5. The number of nitrogens with zero attached hydrogens (tertiary/aromatic N) is 3. The monoisotopic (exact) mass is 469 g/mol. The summed E-state index contributed by atoms with van der Waals surface area (Å²) >= 11 is 7.66. The molecule has 0 bridgehead atoms. The summed E-state index contributed by atoms with van der Waals surface area (Å²) in [4.78, 5) is 21.9. The molecule has 0 atom stereocenters. The molecule has 1 amide bonds. The number of ether oxygens (including phenoxy) is 2. The van der Waals surface area contributed by atoms with Crippen LogP contribution in [0.5, 0.6) is 11.5 Å². The molecule has 6 nitrogen and oxygen atoms in total. The number of hydrogen-bond acceptors (Lipinski definition) is 6. The Hall–Kier alpha value is -2.06. The van der Waals surface area contributed by atoms with Gasteiger partial charge in [-0.3, -0.25) is 9.69 Å². The van der Waals surface area contributed by atoms with Gasteiger partial charge in [-0.25, -0.2) is 4.98 Å². The van der Waals surface area contributed by atoms with Gasteiger partial charge in [-0.1, -0.05) is 22.9 Å². The summed E-state index contributed by atoms with van der Waals surface area (Å²) in [5.74, 6) is 0.964. The highest BCUT2D eigenvalue weighted by molar-refractivity contribution is 7.22. The van der Waals surface area contributed by atoms with Crippen LogP contribution in [0.2, 0.25) is 5.02 Å². The van der Waals surface area contributed by atoms with E-state index in [1.807, 2.05) is 38.1 Å². The number of methoxy groups -OCH3 is 2. The number of rotatable bonds is 7. The maximum Gasteiger partial charge on any atom is 0.260 e. The topological polar surface area (TPSA) is 54.9 Å². The van der Waals surface area contributed by atoms with E-state index in [-0.39, 0.29) is 18.3 Å². The quantitative estimate of drug-likeness (QED) is 0.492. The lowest BCUT2D eigenvalue weighted by molar-refractivity contribution is 0.0984. The van der Waals surface area contributed by atoms with Crippen LogP contribution < -0.4 is 14.4 Å². The third-order valence-corrected chi connectivity index (χ3v) is 5.73. The van der Waals surface area contributed by atoms with Crippen LogP contribution in [0, 0.1) is 6.92 Å². The number of anilines is 1. The third kappa shape index (κ3) is 5.35. The molecule has 3 rings (SSSR count). The summed E-state index contributed by atoms with van der Waals surface area (Å²) in [6, 6.07) is 8.93. The van der Waals surface area contributed by atoms with Gasteiger partial charge in [0, 0.05) is 29.7 Å². The molecule has 1 aromatic heterocycles. The number of amides is 1. The molecule has 0 radical (unpaired) electrons. The van der Waals surface area contributed by atoms with Crippen molar-refractivity contribution in [3.63, 3.8) is 0 Å². The second-order valence-corrected chi connectivity index (χ2v) is 8.37. The van der Waals surface area contributed by atoms with Gasteiger partial charge in [0.15, 0.2) is 5.13 Å². The lowest BCUT2D eigenvalue weighted by Crippen LogP contribution is -2.36. The van der Waals surface area contributed by atoms with Gasteiger partial charge in [0.25, 0.3) is 5.91 Å². The Labute approximate surface area is 191 Å². The number of aromatic nitrogens is 1. The lowest BCUT2D eigenvalue weighted by atomic mass is 10.1. The normalized spacial score (nSPS) is 10.8. The Kier molecular flexibility index (Phi) is 8.32. The number of carbonyl (C=O) groups excluding carboxylic acids is 1. The van der Waals surface area contributed by atoms with E-state index >= 15 is 0 Å². The molecule has 1 heterocycles. The van der Waals surface area contributed by atoms with Crippen molar-refractivity contribution in [2.45, 2.75) is 6.92 Å². The van der Waals surface area contributed by atoms with Gasteiger partial charge in [0.05, 0.1) is 24.4 Å².